The Balaban J connectivity index is 0. The molecule has 0 rings (SSSR count). The highest BCUT2D eigenvalue weighted by molar-refractivity contribution is 9.09. The van der Waals surface area contributed by atoms with Gasteiger partial charge in [0, 0.05) is 12.8 Å². The number of ether oxygens (including phenoxy) is 1. The van der Waals surface area contributed by atoms with Crippen molar-refractivity contribution in [3.8, 4) is 0 Å². The Morgan fingerprint density at radius 2 is 1.77 bits per heavy atom. The molecule has 0 radical (unpaired) electrons. The second-order valence-corrected chi connectivity index (χ2v) is 2.66. The summed E-state index contributed by atoms with van der Waals surface area (Å²) in [6, 6.07) is 0. The highest BCUT2D eigenvalue weighted by Crippen LogP contribution is 1.99. The van der Waals surface area contributed by atoms with Crippen LogP contribution in [0, 0.1) is 0 Å². The van der Waals surface area contributed by atoms with Gasteiger partial charge in [0.1, 0.15) is 5.78 Å². The fourth-order valence-corrected chi connectivity index (χ4v) is 0.879. The van der Waals surface area contributed by atoms with Gasteiger partial charge in [0.05, 0.1) is 12.4 Å². The highest BCUT2D eigenvalue weighted by Gasteiger charge is 2.02. The number of hydrogen-bond acceptors (Lipinski definition) is 3. The van der Waals surface area contributed by atoms with E-state index in [-0.39, 0.29) is 11.8 Å². The molecule has 4 heteroatoms. The summed E-state index contributed by atoms with van der Waals surface area (Å²) in [6.45, 7) is 4.00. The Bertz CT molecular complexity index is 130. The van der Waals surface area contributed by atoms with Gasteiger partial charge in [-0.05, 0) is 6.42 Å². The van der Waals surface area contributed by atoms with E-state index in [4.69, 9.17) is 0 Å². The third-order valence-electron chi connectivity index (χ3n) is 1.21. The fourth-order valence-electron chi connectivity index (χ4n) is 0.599. The van der Waals surface area contributed by atoms with Crippen LogP contribution in [0.15, 0.2) is 0 Å². The van der Waals surface area contributed by atoms with Crippen LogP contribution in [0.4, 0.5) is 0 Å². The third kappa shape index (κ3) is 11.6. The minimum Gasteiger partial charge on any atom is -0.469 e. The van der Waals surface area contributed by atoms with Crippen molar-refractivity contribution in [1.82, 2.24) is 0 Å². The average Bonchev–Trinajstić information content (AvgIpc) is 2.20. The topological polar surface area (TPSA) is 43.4 Å². The van der Waals surface area contributed by atoms with Gasteiger partial charge >= 0.3 is 5.97 Å². The quantitative estimate of drug-likeness (QED) is 0.557. The second-order valence-electron chi connectivity index (χ2n) is 2.10. The summed E-state index contributed by atoms with van der Waals surface area (Å²) in [5.41, 5.74) is 0. The van der Waals surface area contributed by atoms with Gasteiger partial charge in [-0.15, -0.1) is 0 Å². The van der Waals surface area contributed by atoms with Crippen LogP contribution in [-0.2, 0) is 14.3 Å². The van der Waals surface area contributed by atoms with Gasteiger partial charge < -0.3 is 4.74 Å². The van der Waals surface area contributed by atoms with Crippen molar-refractivity contribution < 1.29 is 14.3 Å². The molecule has 0 aromatic rings. The van der Waals surface area contributed by atoms with Crippen molar-refractivity contribution in [1.29, 1.82) is 0 Å². The molecule has 0 aromatic carbocycles. The van der Waals surface area contributed by atoms with E-state index < -0.39 is 0 Å². The first kappa shape index (κ1) is 15.1. The minimum absolute atomic E-state index is 0.119. The van der Waals surface area contributed by atoms with Crippen LogP contribution in [0.3, 0.4) is 0 Å². The summed E-state index contributed by atoms with van der Waals surface area (Å²) in [6.07, 6.45) is 1.35. The number of Topliss-reactive ketones (excluding diaryl/α,β-unsaturated/α-hetero) is 1. The maximum atomic E-state index is 10.7. The van der Waals surface area contributed by atoms with Crippen LogP contribution >= 0.6 is 15.9 Å². The minimum atomic E-state index is -0.257. The number of halogens is 1. The van der Waals surface area contributed by atoms with E-state index in [9.17, 15) is 9.59 Å². The third-order valence-corrected chi connectivity index (χ3v) is 1.84. The maximum Gasteiger partial charge on any atom is 0.305 e. The van der Waals surface area contributed by atoms with Crippen LogP contribution in [0.1, 0.15) is 33.1 Å². The Morgan fingerprint density at radius 1 is 1.23 bits per heavy atom. The van der Waals surface area contributed by atoms with Crippen molar-refractivity contribution in [3.05, 3.63) is 0 Å². The molecular formula is C9H17BrO3. The summed E-state index contributed by atoms with van der Waals surface area (Å²) in [7, 11) is 1.34. The Hall–Kier alpha value is -0.380. The zero-order chi connectivity index (χ0) is 10.7. The first-order valence-electron chi connectivity index (χ1n) is 4.35. The maximum absolute atomic E-state index is 10.7. The van der Waals surface area contributed by atoms with Gasteiger partial charge in [-0.3, -0.25) is 9.59 Å². The van der Waals surface area contributed by atoms with E-state index in [1.165, 1.54) is 7.11 Å². The lowest BCUT2D eigenvalue weighted by Gasteiger charge is -1.96. The Labute approximate surface area is 88.0 Å². The first-order valence-corrected chi connectivity index (χ1v) is 5.47. The first-order chi connectivity index (χ1) is 6.20. The van der Waals surface area contributed by atoms with Crippen LogP contribution in [0.2, 0.25) is 0 Å². The molecule has 0 aliphatic rings. The molecule has 0 saturated carbocycles. The monoisotopic (exact) mass is 252 g/mol. The van der Waals surface area contributed by atoms with Crippen molar-refractivity contribution >= 4 is 27.7 Å². The van der Waals surface area contributed by atoms with Gasteiger partial charge in [-0.1, -0.05) is 29.8 Å². The molecule has 0 spiro atoms. The van der Waals surface area contributed by atoms with E-state index in [1.807, 2.05) is 13.8 Å². The zero-order valence-electron chi connectivity index (χ0n) is 8.43. The summed E-state index contributed by atoms with van der Waals surface area (Å²) < 4.78 is 4.40. The van der Waals surface area contributed by atoms with E-state index in [0.29, 0.717) is 24.6 Å². The van der Waals surface area contributed by atoms with Gasteiger partial charge in [0.2, 0.25) is 0 Å². The van der Waals surface area contributed by atoms with Gasteiger partial charge in [-0.2, -0.15) is 0 Å². The molecule has 13 heavy (non-hydrogen) atoms. The van der Waals surface area contributed by atoms with E-state index in [1.54, 1.807) is 0 Å². The highest BCUT2D eigenvalue weighted by atomic mass is 79.9. The van der Waals surface area contributed by atoms with Gasteiger partial charge in [-0.25, -0.2) is 0 Å². The number of rotatable bonds is 5. The zero-order valence-corrected chi connectivity index (χ0v) is 10.0. The van der Waals surface area contributed by atoms with E-state index in [0.717, 1.165) is 0 Å². The van der Waals surface area contributed by atoms with Crippen LogP contribution in [0.5, 0.6) is 0 Å². The second kappa shape index (κ2) is 11.6. The molecule has 0 N–H and O–H groups in total. The lowest BCUT2D eigenvalue weighted by molar-refractivity contribution is -0.140. The van der Waals surface area contributed by atoms with E-state index >= 15 is 0 Å². The number of carbonyl (C=O) groups is 2. The van der Waals surface area contributed by atoms with Crippen LogP contribution in [-0.4, -0.2) is 24.2 Å². The average molecular weight is 253 g/mol. The Kier molecular flexibility index (Phi) is 13.5. The molecule has 0 atom stereocenters. The molecule has 78 valence electrons. The molecule has 0 bridgehead atoms. The SMILES string of the molecule is CC.COC(=O)CCCC(=O)CBr. The lowest BCUT2D eigenvalue weighted by atomic mass is 10.2. The van der Waals surface area contributed by atoms with Crippen LogP contribution in [0.25, 0.3) is 0 Å². The normalized spacial score (nSPS) is 8.31. The predicted molar refractivity (Wildman–Crippen MR) is 56.0 cm³/mol. The number of esters is 1. The number of methoxy groups -OCH3 is 1. The molecular weight excluding hydrogens is 236 g/mol. The molecule has 0 aromatic heterocycles. The molecule has 0 saturated heterocycles. The van der Waals surface area contributed by atoms with Gasteiger partial charge in [0.15, 0.2) is 0 Å². The van der Waals surface area contributed by atoms with Crippen molar-refractivity contribution in [3.63, 3.8) is 0 Å². The molecule has 0 amide bonds. The molecule has 0 fully saturated rings. The standard InChI is InChI=1S/C7H11BrO3.C2H6/c1-11-7(10)4-2-3-6(9)5-8;1-2/h2-5H2,1H3;1-2H3. The van der Waals surface area contributed by atoms with Gasteiger partial charge in [0.25, 0.3) is 0 Å². The molecule has 0 unspecified atom stereocenters. The lowest BCUT2D eigenvalue weighted by Crippen LogP contribution is -2.03. The summed E-state index contributed by atoms with van der Waals surface area (Å²) in [5, 5.41) is 0.369. The summed E-state index contributed by atoms with van der Waals surface area (Å²) in [4.78, 5) is 21.2. The molecule has 0 heterocycles. The summed E-state index contributed by atoms with van der Waals surface area (Å²) >= 11 is 3.03. The fraction of sp³-hybridized carbons (Fsp3) is 0.778. The predicted octanol–water partition coefficient (Wildman–Crippen LogP) is 2.32. The van der Waals surface area contributed by atoms with Crippen molar-refractivity contribution in [2.24, 2.45) is 0 Å². The number of alkyl halides is 1. The molecule has 0 aliphatic carbocycles. The van der Waals surface area contributed by atoms with Crippen molar-refractivity contribution in [2.75, 3.05) is 12.4 Å². The Morgan fingerprint density at radius 3 is 2.15 bits per heavy atom. The van der Waals surface area contributed by atoms with E-state index in [2.05, 4.69) is 20.7 Å². The van der Waals surface area contributed by atoms with Crippen molar-refractivity contribution in [2.45, 2.75) is 33.1 Å². The largest absolute Gasteiger partial charge is 0.469 e. The number of carbonyl (C=O) groups excluding carboxylic acids is 2. The molecule has 0 aliphatic heterocycles. The molecule has 3 nitrogen and oxygen atoms in total. The summed E-state index contributed by atoms with van der Waals surface area (Å²) in [5.74, 6) is -0.138. The number of ketones is 1. The smallest absolute Gasteiger partial charge is 0.305 e. The number of hydrogen-bond donors (Lipinski definition) is 0. The van der Waals surface area contributed by atoms with Crippen LogP contribution < -0.4 is 0 Å².